The lowest BCUT2D eigenvalue weighted by molar-refractivity contribution is -0.873. The minimum atomic E-state index is -7.22. The zero-order chi connectivity index (χ0) is 52.6. The Morgan fingerprint density at radius 1 is 0.333 bits per heavy atom. The van der Waals surface area contributed by atoms with E-state index in [4.69, 9.17) is 4.84 Å². The fourth-order valence-corrected chi connectivity index (χ4v) is 8.46. The lowest BCUT2D eigenvalue weighted by atomic mass is 9.12. The van der Waals surface area contributed by atoms with E-state index < -0.39 is 144 Å². The summed E-state index contributed by atoms with van der Waals surface area (Å²) in [4.78, 5) is 6.32. The summed E-state index contributed by atoms with van der Waals surface area (Å²) in [5, 5.41) is 15.6. The van der Waals surface area contributed by atoms with Gasteiger partial charge in [0.2, 0.25) is 18.1 Å². The largest absolute Gasteiger partial charge is 0.230 e. The van der Waals surface area contributed by atoms with Crippen molar-refractivity contribution in [2.45, 2.75) is 0 Å². The maximum absolute atomic E-state index is 15.4. The fraction of sp³-hybridized carbons (Fsp3) is 0. The number of rotatable bonds is 6. The van der Waals surface area contributed by atoms with Crippen LogP contribution in [0.3, 0.4) is 0 Å². The predicted molar refractivity (Wildman–Crippen MR) is 216 cm³/mol. The summed E-state index contributed by atoms with van der Waals surface area (Å²) >= 11 is 0. The molecule has 0 saturated carbocycles. The highest BCUT2D eigenvalue weighted by Gasteiger charge is 2.52. The van der Waals surface area contributed by atoms with Crippen molar-refractivity contribution in [2.75, 3.05) is 0 Å². The zero-order valence-electron chi connectivity index (χ0n) is 34.6. The standard InChI is InChI=1S/C24BF20.C24H15N2O/c26-5-1(6(27)14(35)21(42)13(5)34)25(2-7(28)15(36)22(43)16(37)8(2)29,3-9(30)17(38)23(44)18(39)10(3)31)4-11(32)19(40)24(45)20(41)12(4)33;25-15-23-19-9-3-5-11-21(19)24(22-12-6-4-10-20(22)23)27-26-14-13-17-7-1-2-8-18(17)16-26/h;1-14,16H/q-1;+1. The van der Waals surface area contributed by atoms with Crippen molar-refractivity contribution < 1.29 is 97.4 Å². The van der Waals surface area contributed by atoms with Crippen LogP contribution in [-0.2, 0) is 0 Å². The molecule has 1 aromatic heterocycles. The first-order valence-electron chi connectivity index (χ1n) is 19.7. The van der Waals surface area contributed by atoms with Crippen molar-refractivity contribution in [1.29, 1.82) is 5.26 Å². The molecule has 24 heteroatoms. The molecule has 1 heterocycles. The molecule has 72 heavy (non-hydrogen) atoms. The molecule has 0 amide bonds. The number of hydrogen-bond donors (Lipinski definition) is 0. The van der Waals surface area contributed by atoms with Gasteiger partial charge in [0.25, 0.3) is 0 Å². The Hall–Kier alpha value is -8.36. The number of hydrogen-bond acceptors (Lipinski definition) is 2. The fourth-order valence-electron chi connectivity index (χ4n) is 8.46. The van der Waals surface area contributed by atoms with Crippen molar-refractivity contribution in [3.05, 3.63) is 213 Å². The third-order valence-corrected chi connectivity index (χ3v) is 11.6. The monoisotopic (exact) mass is 1030 g/mol. The second-order valence-corrected chi connectivity index (χ2v) is 15.2. The number of nitriles is 1. The number of halogens is 20. The molecule has 0 saturated heterocycles. The smallest absolute Gasteiger partial charge is 0.230 e. The first-order chi connectivity index (χ1) is 34.0. The van der Waals surface area contributed by atoms with Crippen LogP contribution in [0.1, 0.15) is 5.56 Å². The van der Waals surface area contributed by atoms with E-state index in [0.717, 1.165) is 38.1 Å². The number of nitrogens with zero attached hydrogens (tertiary/aromatic N) is 2. The van der Waals surface area contributed by atoms with E-state index in [1.807, 2.05) is 79.1 Å². The molecule has 0 aliphatic rings. The van der Waals surface area contributed by atoms with Gasteiger partial charge in [-0.2, -0.15) is 5.26 Å². The average molecular weight is 1030 g/mol. The second kappa shape index (κ2) is 18.4. The molecule has 0 fully saturated rings. The number of aromatic nitrogens is 1. The van der Waals surface area contributed by atoms with Crippen molar-refractivity contribution in [3.63, 3.8) is 0 Å². The molecule has 0 aliphatic heterocycles. The number of pyridine rings is 1. The number of fused-ring (bicyclic) bond motifs is 3. The van der Waals surface area contributed by atoms with E-state index in [0.29, 0.717) is 5.56 Å². The van der Waals surface area contributed by atoms with Gasteiger partial charge in [-0.05, 0) is 11.5 Å². The minimum absolute atomic E-state index is 0.678. The van der Waals surface area contributed by atoms with Crippen LogP contribution in [0.2, 0.25) is 0 Å². The van der Waals surface area contributed by atoms with Gasteiger partial charge in [-0.15, -0.1) is 21.9 Å². The molecule has 0 unspecified atom stereocenters. The van der Waals surface area contributed by atoms with E-state index in [2.05, 4.69) is 18.2 Å². The molecule has 9 aromatic rings. The van der Waals surface area contributed by atoms with Gasteiger partial charge >= 0.3 is 0 Å². The Balaban J connectivity index is 0.000000217. The third kappa shape index (κ3) is 7.35. The van der Waals surface area contributed by atoms with Crippen LogP contribution in [-0.4, -0.2) is 6.15 Å². The molecule has 0 aliphatic carbocycles. The topological polar surface area (TPSA) is 36.9 Å². The van der Waals surface area contributed by atoms with Crippen molar-refractivity contribution in [1.82, 2.24) is 0 Å². The van der Waals surface area contributed by atoms with Gasteiger partial charge in [0.05, 0.1) is 10.9 Å². The van der Waals surface area contributed by atoms with Crippen LogP contribution in [0.25, 0.3) is 32.3 Å². The first-order valence-corrected chi connectivity index (χ1v) is 19.7. The summed E-state index contributed by atoms with van der Waals surface area (Å²) in [6.45, 7) is 0. The van der Waals surface area contributed by atoms with Crippen LogP contribution in [0.15, 0.2) is 91.3 Å². The SMILES string of the molecule is Fc1c(F)c(F)c([B-](c2c(F)c(F)c(F)c(F)c2F)(c2c(F)c(F)c(F)c(F)c2F)c2c(F)c(F)c(F)c(F)c2F)c(F)c1F.N#Cc1c2ccccc2c(O[n+]2ccc3ccccc3c2)c2ccccc12. The Labute approximate surface area is 387 Å². The highest BCUT2D eigenvalue weighted by Crippen LogP contribution is 2.38. The maximum Gasteiger partial charge on any atom is 0.230 e. The van der Waals surface area contributed by atoms with Gasteiger partial charge in [0.1, 0.15) is 58.8 Å². The summed E-state index contributed by atoms with van der Waals surface area (Å²) in [5.74, 6) is -70.7. The third-order valence-electron chi connectivity index (χ3n) is 11.6. The van der Waals surface area contributed by atoms with Crippen LogP contribution in [0.5, 0.6) is 5.75 Å². The molecular formula is C48H15BF20N2O. The van der Waals surface area contributed by atoms with Crippen molar-refractivity contribution >= 4 is 60.3 Å². The summed E-state index contributed by atoms with van der Waals surface area (Å²) in [5.41, 5.74) is -13.7. The summed E-state index contributed by atoms with van der Waals surface area (Å²) in [6.07, 6.45) is -3.34. The summed E-state index contributed by atoms with van der Waals surface area (Å²) in [7, 11) is 0. The summed E-state index contributed by atoms with van der Waals surface area (Å²) in [6, 6.07) is 28.3. The van der Waals surface area contributed by atoms with Gasteiger partial charge in [0.15, 0.2) is 69.8 Å². The minimum Gasteiger partial charge on any atom is -0.230 e. The first kappa shape index (κ1) is 50.0. The summed E-state index contributed by atoms with van der Waals surface area (Å²) < 4.78 is 296. The van der Waals surface area contributed by atoms with E-state index in [1.165, 1.54) is 0 Å². The normalized spacial score (nSPS) is 11.6. The Morgan fingerprint density at radius 2 is 0.597 bits per heavy atom. The van der Waals surface area contributed by atoms with Gasteiger partial charge in [-0.1, -0.05) is 66.7 Å². The maximum atomic E-state index is 15.4. The van der Waals surface area contributed by atoms with E-state index in [-0.39, 0.29) is 0 Å². The molecule has 0 radical (unpaired) electrons. The Bertz CT molecular complexity index is 3390. The lowest BCUT2D eigenvalue weighted by Crippen LogP contribution is -2.81. The molecule has 0 bridgehead atoms. The lowest BCUT2D eigenvalue weighted by Gasteiger charge is -2.44. The van der Waals surface area contributed by atoms with Crippen LogP contribution in [0, 0.1) is 128 Å². The molecule has 0 N–H and O–H groups in total. The van der Waals surface area contributed by atoms with Crippen LogP contribution in [0.4, 0.5) is 87.8 Å². The van der Waals surface area contributed by atoms with Crippen molar-refractivity contribution in [2.24, 2.45) is 0 Å². The van der Waals surface area contributed by atoms with Gasteiger partial charge in [0, 0.05) is 32.3 Å². The average Bonchev–Trinajstić information content (AvgIpc) is 3.38. The van der Waals surface area contributed by atoms with Crippen LogP contribution < -0.4 is 31.4 Å². The van der Waals surface area contributed by atoms with Crippen molar-refractivity contribution in [3.8, 4) is 11.8 Å². The Morgan fingerprint density at radius 3 is 0.903 bits per heavy atom. The second-order valence-electron chi connectivity index (χ2n) is 15.2. The van der Waals surface area contributed by atoms with Gasteiger partial charge in [-0.25, -0.2) is 92.6 Å². The van der Waals surface area contributed by atoms with E-state index in [9.17, 15) is 57.9 Å². The van der Waals surface area contributed by atoms with Gasteiger partial charge < -0.3 is 0 Å². The molecule has 0 spiro atoms. The number of benzene rings is 8. The van der Waals surface area contributed by atoms with Gasteiger partial charge in [-0.3, -0.25) is 0 Å². The molecule has 8 aromatic carbocycles. The van der Waals surface area contributed by atoms with Crippen LogP contribution >= 0.6 is 0 Å². The van der Waals surface area contributed by atoms with E-state index in [1.54, 1.807) is 4.73 Å². The highest BCUT2D eigenvalue weighted by molar-refractivity contribution is 7.20. The molecule has 9 rings (SSSR count). The van der Waals surface area contributed by atoms with E-state index >= 15 is 35.1 Å². The Kier molecular flexibility index (Phi) is 12.8. The molecular weight excluding hydrogens is 1010 g/mol. The molecule has 366 valence electrons. The predicted octanol–water partition coefficient (Wildman–Crippen LogP) is 11.0. The highest BCUT2D eigenvalue weighted by atomic mass is 19.2. The molecule has 0 atom stereocenters. The molecule has 3 nitrogen and oxygen atoms in total. The zero-order valence-corrected chi connectivity index (χ0v) is 34.6. The quantitative estimate of drug-likeness (QED) is 0.0416.